The molecule has 1 aliphatic carbocycles. The van der Waals surface area contributed by atoms with Gasteiger partial charge in [-0.2, -0.15) is 0 Å². The van der Waals surface area contributed by atoms with E-state index in [-0.39, 0.29) is 0 Å². The molecule has 0 aliphatic heterocycles. The Balaban J connectivity index is 1.20. The van der Waals surface area contributed by atoms with Gasteiger partial charge in [0.05, 0.1) is 22.1 Å². The van der Waals surface area contributed by atoms with Crippen LogP contribution < -0.4 is 0 Å². The van der Waals surface area contributed by atoms with E-state index in [9.17, 15) is 0 Å². The number of aromatic nitrogens is 2. The van der Waals surface area contributed by atoms with E-state index in [1.807, 2.05) is 0 Å². The average Bonchev–Trinajstić information content (AvgIpc) is 3.72. The molecule has 2 heterocycles. The summed E-state index contributed by atoms with van der Waals surface area (Å²) in [4.78, 5) is 0. The van der Waals surface area contributed by atoms with Crippen LogP contribution in [0.25, 0.3) is 88.4 Å². The summed E-state index contributed by atoms with van der Waals surface area (Å²) in [6, 6.07) is 59.9. The maximum absolute atomic E-state index is 2.53. The fraction of sp³-hybridized carbons (Fsp3) is 0.0417. The van der Waals surface area contributed by atoms with Crippen molar-refractivity contribution in [2.75, 3.05) is 0 Å². The van der Waals surface area contributed by atoms with E-state index in [1.165, 1.54) is 82.7 Å². The standard InChI is InChI=1S/C48H34N2/c1-4-14-33(15-5-1)36-30-37(34-16-6-2-7-17-34)32-38(31-36)35-24-26-40(27-25-35)50-46-23-13-11-21-42(46)44-29-28-43-41-20-10-12-22-45(41)49(47(43)48(44)50)39-18-8-3-9-19-39/h1-8,10-18,20-32H,9,19H2. The van der Waals surface area contributed by atoms with Gasteiger partial charge >= 0.3 is 0 Å². The van der Waals surface area contributed by atoms with Crippen LogP contribution in [0.2, 0.25) is 0 Å². The number of hydrogen-bond acceptors (Lipinski definition) is 0. The zero-order chi connectivity index (χ0) is 33.0. The molecule has 0 saturated carbocycles. The molecule has 0 radical (unpaired) electrons. The van der Waals surface area contributed by atoms with Crippen LogP contribution in [0.3, 0.4) is 0 Å². The van der Waals surface area contributed by atoms with E-state index in [0.29, 0.717) is 0 Å². The molecule has 0 fully saturated rings. The number of nitrogens with zero attached hydrogens (tertiary/aromatic N) is 2. The molecular weight excluding hydrogens is 605 g/mol. The normalized spacial score (nSPS) is 13.1. The quantitative estimate of drug-likeness (QED) is 0.178. The number of hydrogen-bond donors (Lipinski definition) is 0. The van der Waals surface area contributed by atoms with Crippen molar-refractivity contribution in [2.24, 2.45) is 0 Å². The number of benzene rings is 7. The second-order valence-electron chi connectivity index (χ2n) is 13.3. The van der Waals surface area contributed by atoms with Crippen LogP contribution in [0.15, 0.2) is 182 Å². The van der Waals surface area contributed by atoms with Crippen molar-refractivity contribution >= 4 is 49.3 Å². The first-order valence-corrected chi connectivity index (χ1v) is 17.5. The molecule has 0 saturated heterocycles. The van der Waals surface area contributed by atoms with Crippen LogP contribution in [-0.2, 0) is 0 Å². The topological polar surface area (TPSA) is 9.86 Å². The molecule has 0 amide bonds. The van der Waals surface area contributed by atoms with E-state index in [0.717, 1.165) is 18.5 Å². The highest BCUT2D eigenvalue weighted by atomic mass is 15.0. The molecule has 10 rings (SSSR count). The summed E-state index contributed by atoms with van der Waals surface area (Å²) < 4.78 is 5.02. The highest BCUT2D eigenvalue weighted by Gasteiger charge is 2.22. The van der Waals surface area contributed by atoms with Crippen LogP contribution in [0.4, 0.5) is 0 Å². The SMILES string of the molecule is C1=CCCC(n2c3ccccc3c3ccc4c5ccccc5n(-c5ccc(-c6cc(-c7ccccc7)cc(-c7ccccc7)c6)cc5)c4c32)=C1. The molecule has 9 aromatic rings. The zero-order valence-corrected chi connectivity index (χ0v) is 27.6. The molecule has 2 nitrogen and oxygen atoms in total. The summed E-state index contributed by atoms with van der Waals surface area (Å²) in [7, 11) is 0. The monoisotopic (exact) mass is 638 g/mol. The molecule has 2 aromatic heterocycles. The fourth-order valence-electron chi connectivity index (χ4n) is 8.04. The summed E-state index contributed by atoms with van der Waals surface area (Å²) in [5.74, 6) is 0. The second kappa shape index (κ2) is 11.6. The average molecular weight is 639 g/mol. The van der Waals surface area contributed by atoms with Crippen LogP contribution in [0.5, 0.6) is 0 Å². The van der Waals surface area contributed by atoms with E-state index < -0.39 is 0 Å². The van der Waals surface area contributed by atoms with Crippen molar-refractivity contribution in [3.63, 3.8) is 0 Å². The first-order chi connectivity index (χ1) is 24.8. The Kier molecular flexibility index (Phi) is 6.67. The van der Waals surface area contributed by atoms with E-state index in [1.54, 1.807) is 0 Å². The Bertz CT molecular complexity index is 2720. The highest BCUT2D eigenvalue weighted by molar-refractivity contribution is 6.24. The van der Waals surface area contributed by atoms with Gasteiger partial charge in [0, 0.05) is 32.9 Å². The van der Waals surface area contributed by atoms with Gasteiger partial charge < -0.3 is 9.13 Å². The molecule has 236 valence electrons. The molecule has 0 spiro atoms. The van der Waals surface area contributed by atoms with Gasteiger partial charge in [0.1, 0.15) is 0 Å². The van der Waals surface area contributed by atoms with Crippen LogP contribution in [-0.4, -0.2) is 9.13 Å². The van der Waals surface area contributed by atoms with E-state index in [2.05, 4.69) is 191 Å². The molecule has 0 bridgehead atoms. The van der Waals surface area contributed by atoms with Gasteiger partial charge in [-0.3, -0.25) is 0 Å². The number of rotatable bonds is 5. The largest absolute Gasteiger partial charge is 0.311 e. The molecule has 2 heteroatoms. The maximum atomic E-state index is 2.53. The third-order valence-electron chi connectivity index (χ3n) is 10.4. The number of fused-ring (bicyclic) bond motifs is 7. The lowest BCUT2D eigenvalue weighted by Gasteiger charge is -2.16. The molecule has 1 aliphatic rings. The van der Waals surface area contributed by atoms with Crippen molar-refractivity contribution < 1.29 is 0 Å². The Morgan fingerprint density at radius 1 is 0.380 bits per heavy atom. The minimum atomic E-state index is 1.02. The first kappa shape index (κ1) is 28.6. The second-order valence-corrected chi connectivity index (χ2v) is 13.3. The molecular formula is C48H34N2. The van der Waals surface area contributed by atoms with Gasteiger partial charge in [0.25, 0.3) is 0 Å². The van der Waals surface area contributed by atoms with Gasteiger partial charge in [-0.1, -0.05) is 133 Å². The highest BCUT2D eigenvalue weighted by Crippen LogP contribution is 2.42. The Morgan fingerprint density at radius 3 is 1.40 bits per heavy atom. The number of allylic oxidation sites excluding steroid dienone is 4. The van der Waals surface area contributed by atoms with Crippen molar-refractivity contribution in [2.45, 2.75) is 12.8 Å². The van der Waals surface area contributed by atoms with E-state index >= 15 is 0 Å². The van der Waals surface area contributed by atoms with Gasteiger partial charge in [0.15, 0.2) is 0 Å². The lowest BCUT2D eigenvalue weighted by atomic mass is 9.93. The van der Waals surface area contributed by atoms with Gasteiger partial charge in [-0.05, 0) is 94.8 Å². The van der Waals surface area contributed by atoms with Gasteiger partial charge in [0.2, 0.25) is 0 Å². The third-order valence-corrected chi connectivity index (χ3v) is 10.4. The molecule has 0 atom stereocenters. The van der Waals surface area contributed by atoms with Crippen molar-refractivity contribution in [1.29, 1.82) is 0 Å². The van der Waals surface area contributed by atoms with Crippen molar-refractivity contribution in [3.05, 3.63) is 182 Å². The number of para-hydroxylation sites is 2. The van der Waals surface area contributed by atoms with Crippen molar-refractivity contribution in [3.8, 4) is 39.1 Å². The summed E-state index contributed by atoms with van der Waals surface area (Å²) in [5.41, 5.74) is 14.8. The maximum Gasteiger partial charge on any atom is 0.0788 e. The van der Waals surface area contributed by atoms with Gasteiger partial charge in [-0.25, -0.2) is 0 Å². The lowest BCUT2D eigenvalue weighted by molar-refractivity contribution is 0.979. The lowest BCUT2D eigenvalue weighted by Crippen LogP contribution is -2.01. The Labute approximate surface area is 291 Å². The Morgan fingerprint density at radius 2 is 0.860 bits per heavy atom. The molecule has 50 heavy (non-hydrogen) atoms. The van der Waals surface area contributed by atoms with E-state index in [4.69, 9.17) is 0 Å². The summed E-state index contributed by atoms with van der Waals surface area (Å²) in [6.45, 7) is 0. The van der Waals surface area contributed by atoms with Crippen molar-refractivity contribution in [1.82, 2.24) is 9.13 Å². The summed E-state index contributed by atoms with van der Waals surface area (Å²) >= 11 is 0. The minimum absolute atomic E-state index is 1.02. The summed E-state index contributed by atoms with van der Waals surface area (Å²) in [6.07, 6.45) is 8.84. The predicted molar refractivity (Wildman–Crippen MR) is 213 cm³/mol. The van der Waals surface area contributed by atoms with Gasteiger partial charge in [-0.15, -0.1) is 0 Å². The fourth-order valence-corrected chi connectivity index (χ4v) is 8.04. The summed E-state index contributed by atoms with van der Waals surface area (Å²) in [5, 5.41) is 5.12. The Hall–Kier alpha value is -6.38. The molecule has 0 unspecified atom stereocenters. The first-order valence-electron chi connectivity index (χ1n) is 17.5. The minimum Gasteiger partial charge on any atom is -0.311 e. The third kappa shape index (κ3) is 4.57. The van der Waals surface area contributed by atoms with Crippen LogP contribution in [0, 0.1) is 0 Å². The predicted octanol–water partition coefficient (Wildman–Crippen LogP) is 13.1. The molecule has 0 N–H and O–H groups in total. The van der Waals surface area contributed by atoms with Crippen LogP contribution in [0.1, 0.15) is 12.8 Å². The smallest absolute Gasteiger partial charge is 0.0788 e. The van der Waals surface area contributed by atoms with Crippen LogP contribution >= 0.6 is 0 Å². The molecule has 7 aromatic carbocycles. The zero-order valence-electron chi connectivity index (χ0n) is 27.6.